The number of ether oxygens (including phenoxy) is 8. The standard InChI is InChI=1S/C48H80O19/c1-21(49)63-26-17-48(9,67-44(4,5)39(26)59)22-10-14-47(8)31(22)23(50)16-29-45(6)13-12-30(43(2,3)28(45)11-15-46(29,47)7)65-42-38(66-41-37(58)33(54)25(52)19-61-41)35(56)34(55)27(64-42)20-62-40-36(57)32(53)24(51)18-60-40/h22-42,50-59H,10-20H2,1-9H3/t22-,23+,24+,25+,26-,27+,28-,29+,30-,31-,32-,33-,34+,35-,36+,37+,38+,39+,40-,41-,42-,45-,46+,47+,48-/m0/s1. The molecule has 0 radical (unpaired) electrons. The van der Waals surface area contributed by atoms with Crippen molar-refractivity contribution in [1.82, 2.24) is 0 Å². The third-order valence-corrected chi connectivity index (χ3v) is 19.2. The monoisotopic (exact) mass is 961 g/mol. The number of hydrogen-bond donors (Lipinski definition) is 10. The number of hydrogen-bond acceptors (Lipinski definition) is 19. The molecule has 0 spiro atoms. The quantitative estimate of drug-likeness (QED) is 0.108. The zero-order chi connectivity index (χ0) is 49.1. The van der Waals surface area contributed by atoms with Crippen LogP contribution in [0.3, 0.4) is 0 Å². The molecule has 0 aromatic rings. The normalized spacial score (nSPS) is 55.2. The molecule has 4 aliphatic carbocycles. The number of rotatable bonds is 9. The lowest BCUT2D eigenvalue weighted by Crippen LogP contribution is -2.68. The van der Waals surface area contributed by atoms with Crippen molar-refractivity contribution in [2.45, 2.75) is 229 Å². The molecular weight excluding hydrogens is 881 g/mol. The molecule has 4 aliphatic heterocycles. The number of carbonyl (C=O) groups excluding carboxylic acids is 1. The highest BCUT2D eigenvalue weighted by Crippen LogP contribution is 2.76. The molecule has 8 rings (SSSR count). The van der Waals surface area contributed by atoms with Gasteiger partial charge < -0.3 is 89.0 Å². The Labute approximate surface area is 393 Å². The topological polar surface area (TPSA) is 293 Å². The molecule has 19 heteroatoms. The van der Waals surface area contributed by atoms with Crippen LogP contribution >= 0.6 is 0 Å². The van der Waals surface area contributed by atoms with Crippen molar-refractivity contribution in [2.24, 2.45) is 45.3 Å². The molecule has 386 valence electrons. The van der Waals surface area contributed by atoms with Crippen molar-refractivity contribution in [3.63, 3.8) is 0 Å². The van der Waals surface area contributed by atoms with E-state index in [1.807, 2.05) is 13.8 Å². The van der Waals surface area contributed by atoms with Crippen molar-refractivity contribution < 1.29 is 93.8 Å². The molecule has 0 unspecified atom stereocenters. The van der Waals surface area contributed by atoms with E-state index in [4.69, 9.17) is 37.9 Å². The van der Waals surface area contributed by atoms with Gasteiger partial charge in [0.1, 0.15) is 73.2 Å². The van der Waals surface area contributed by atoms with E-state index in [2.05, 4.69) is 41.5 Å². The number of esters is 1. The Morgan fingerprint density at radius 1 is 0.642 bits per heavy atom. The maximum atomic E-state index is 12.6. The molecule has 10 N–H and O–H groups in total. The van der Waals surface area contributed by atoms with Crippen LogP contribution in [-0.2, 0) is 42.7 Å². The van der Waals surface area contributed by atoms with Gasteiger partial charge in [-0.3, -0.25) is 4.79 Å². The summed E-state index contributed by atoms with van der Waals surface area (Å²) in [6.07, 6.45) is -17.0. The van der Waals surface area contributed by atoms with Crippen molar-refractivity contribution in [3.05, 3.63) is 0 Å². The average Bonchev–Trinajstić information content (AvgIpc) is 3.63. The fraction of sp³-hybridized carbons (Fsp3) is 0.979. The summed E-state index contributed by atoms with van der Waals surface area (Å²) >= 11 is 0. The molecule has 4 saturated heterocycles. The molecule has 25 atom stereocenters. The lowest BCUT2D eigenvalue weighted by molar-refractivity contribution is -0.375. The number of aliphatic hydroxyl groups excluding tert-OH is 10. The highest BCUT2D eigenvalue weighted by Gasteiger charge is 2.72. The maximum absolute atomic E-state index is 12.6. The van der Waals surface area contributed by atoms with Crippen molar-refractivity contribution >= 4 is 5.97 Å². The Hall–Kier alpha value is -1.21. The second kappa shape index (κ2) is 18.4. The van der Waals surface area contributed by atoms with E-state index in [0.717, 1.165) is 32.1 Å². The van der Waals surface area contributed by atoms with Crippen molar-refractivity contribution in [3.8, 4) is 0 Å². The first kappa shape index (κ1) is 52.1. The van der Waals surface area contributed by atoms with Gasteiger partial charge in [-0.15, -0.1) is 0 Å². The van der Waals surface area contributed by atoms with Crippen molar-refractivity contribution in [1.29, 1.82) is 0 Å². The van der Waals surface area contributed by atoms with Gasteiger partial charge in [-0.05, 0) is 111 Å². The average molecular weight is 961 g/mol. The molecule has 0 aromatic heterocycles. The predicted molar refractivity (Wildman–Crippen MR) is 232 cm³/mol. The molecule has 19 nitrogen and oxygen atoms in total. The summed E-state index contributed by atoms with van der Waals surface area (Å²) in [5.74, 6) is -0.389. The summed E-state index contributed by atoms with van der Waals surface area (Å²) in [5.41, 5.74) is -2.97. The lowest BCUT2D eigenvalue weighted by atomic mass is 9.35. The van der Waals surface area contributed by atoms with Crippen LogP contribution < -0.4 is 0 Å². The Morgan fingerprint density at radius 3 is 1.90 bits per heavy atom. The highest BCUT2D eigenvalue weighted by atomic mass is 16.8. The minimum absolute atomic E-state index is 0.0526. The van der Waals surface area contributed by atoms with E-state index in [0.29, 0.717) is 19.3 Å². The highest BCUT2D eigenvalue weighted by molar-refractivity contribution is 5.66. The first-order valence-electron chi connectivity index (χ1n) is 24.6. The van der Waals surface area contributed by atoms with Crippen LogP contribution in [0, 0.1) is 45.3 Å². The molecule has 0 aromatic carbocycles. The minimum Gasteiger partial charge on any atom is -0.460 e. The van der Waals surface area contributed by atoms with Crippen LogP contribution in [0.2, 0.25) is 0 Å². The fourth-order valence-corrected chi connectivity index (χ4v) is 15.5. The van der Waals surface area contributed by atoms with E-state index in [9.17, 15) is 55.9 Å². The predicted octanol–water partition coefficient (Wildman–Crippen LogP) is 0.00420. The van der Waals surface area contributed by atoms with Crippen LogP contribution in [0.1, 0.15) is 114 Å². The Bertz CT molecular complexity index is 1770. The van der Waals surface area contributed by atoms with Crippen LogP contribution in [0.4, 0.5) is 0 Å². The first-order chi connectivity index (χ1) is 31.1. The number of aliphatic hydroxyl groups is 10. The van der Waals surface area contributed by atoms with Crippen LogP contribution in [-0.4, -0.2) is 192 Å². The molecule has 4 heterocycles. The largest absolute Gasteiger partial charge is 0.460 e. The summed E-state index contributed by atoms with van der Waals surface area (Å²) < 4.78 is 48.5. The van der Waals surface area contributed by atoms with Gasteiger partial charge in [0.2, 0.25) is 0 Å². The fourth-order valence-electron chi connectivity index (χ4n) is 15.5. The third kappa shape index (κ3) is 8.66. The summed E-state index contributed by atoms with van der Waals surface area (Å²) in [6, 6.07) is 0. The molecule has 8 aliphatic rings. The zero-order valence-electron chi connectivity index (χ0n) is 40.5. The zero-order valence-corrected chi connectivity index (χ0v) is 40.5. The second-order valence-corrected chi connectivity index (χ2v) is 23.7. The Morgan fingerprint density at radius 2 is 1.25 bits per heavy atom. The van der Waals surface area contributed by atoms with Gasteiger partial charge in [0.05, 0.1) is 43.2 Å². The van der Waals surface area contributed by atoms with E-state index >= 15 is 0 Å². The van der Waals surface area contributed by atoms with E-state index < -0.39 is 134 Å². The van der Waals surface area contributed by atoms with Gasteiger partial charge in [-0.1, -0.05) is 34.6 Å². The van der Waals surface area contributed by atoms with Gasteiger partial charge in [-0.25, -0.2) is 0 Å². The number of carbonyl (C=O) groups is 1. The van der Waals surface area contributed by atoms with E-state index in [-0.39, 0.29) is 53.1 Å². The van der Waals surface area contributed by atoms with Gasteiger partial charge in [0.15, 0.2) is 18.9 Å². The van der Waals surface area contributed by atoms with Crippen LogP contribution in [0.25, 0.3) is 0 Å². The van der Waals surface area contributed by atoms with Gasteiger partial charge in [0.25, 0.3) is 0 Å². The molecule has 0 bridgehead atoms. The first-order valence-corrected chi connectivity index (χ1v) is 24.6. The SMILES string of the molecule is CC(=O)O[C@H]1C[C@@](C)([C@H]2CC[C@]3(C)[C@@H]2[C@H](O)C[C@@H]2[C@@]4(C)CC[C@H](O[C@@H]5O[C@H](CO[C@@H]6OC[C@@H](O)[C@H](O)[C@H]6O)[C@@H](O)[C@H](O)[C@H]5O[C@@H]5OC[C@@H](O)[C@H](O)[C@H]5O)C(C)(C)[C@@H]4CC[C@]23C)OC(C)(C)[C@@H]1O. The molecular formula is C48H80O19. The van der Waals surface area contributed by atoms with E-state index in [1.54, 1.807) is 0 Å². The van der Waals surface area contributed by atoms with E-state index in [1.165, 1.54) is 6.92 Å². The molecule has 0 amide bonds. The number of fused-ring (bicyclic) bond motifs is 5. The summed E-state index contributed by atoms with van der Waals surface area (Å²) in [6.45, 7) is 17.4. The van der Waals surface area contributed by atoms with Crippen LogP contribution in [0.5, 0.6) is 0 Å². The smallest absolute Gasteiger partial charge is 0.302 e. The minimum atomic E-state index is -1.72. The second-order valence-electron chi connectivity index (χ2n) is 23.7. The summed E-state index contributed by atoms with van der Waals surface area (Å²) in [7, 11) is 0. The Balaban J connectivity index is 1.02. The van der Waals surface area contributed by atoms with Crippen molar-refractivity contribution in [2.75, 3.05) is 19.8 Å². The molecule has 67 heavy (non-hydrogen) atoms. The summed E-state index contributed by atoms with van der Waals surface area (Å²) in [5, 5.41) is 109. The third-order valence-electron chi connectivity index (χ3n) is 19.2. The maximum Gasteiger partial charge on any atom is 0.302 e. The van der Waals surface area contributed by atoms with Gasteiger partial charge in [-0.2, -0.15) is 0 Å². The van der Waals surface area contributed by atoms with Gasteiger partial charge in [0, 0.05) is 13.3 Å². The van der Waals surface area contributed by atoms with Crippen LogP contribution in [0.15, 0.2) is 0 Å². The van der Waals surface area contributed by atoms with Gasteiger partial charge >= 0.3 is 5.97 Å². The summed E-state index contributed by atoms with van der Waals surface area (Å²) in [4.78, 5) is 12.2. The molecule has 8 fully saturated rings. The Kier molecular flexibility index (Phi) is 14.3. The lowest BCUT2D eigenvalue weighted by Gasteiger charge is -2.71. The molecule has 4 saturated carbocycles.